The standard InChI is InChI=1S/C17H34N2/c1-13(2)19(6)11-7-10-18-15-16(3,4)14-8-9-17(15,5)12-14/h13-15,18H,7-12H2,1-6H3/t14-,15?,17+/m0/s1. The maximum Gasteiger partial charge on any atom is 0.0175 e. The predicted octanol–water partition coefficient (Wildman–Crippen LogP) is 3.52. The van der Waals surface area contributed by atoms with Crippen LogP contribution in [0.4, 0.5) is 0 Å². The maximum absolute atomic E-state index is 3.91. The Kier molecular flexibility index (Phi) is 4.32. The summed E-state index contributed by atoms with van der Waals surface area (Å²) >= 11 is 0. The van der Waals surface area contributed by atoms with E-state index < -0.39 is 0 Å². The Labute approximate surface area is 120 Å². The summed E-state index contributed by atoms with van der Waals surface area (Å²) in [5.41, 5.74) is 1.06. The van der Waals surface area contributed by atoms with Crippen LogP contribution in [0.5, 0.6) is 0 Å². The zero-order valence-electron chi connectivity index (χ0n) is 13.9. The summed E-state index contributed by atoms with van der Waals surface area (Å²) in [7, 11) is 2.23. The topological polar surface area (TPSA) is 15.3 Å². The molecule has 0 aliphatic heterocycles. The lowest BCUT2D eigenvalue weighted by atomic mass is 9.68. The van der Waals surface area contributed by atoms with Crippen molar-refractivity contribution in [1.29, 1.82) is 0 Å². The summed E-state index contributed by atoms with van der Waals surface area (Å²) in [6.45, 7) is 14.4. The van der Waals surface area contributed by atoms with Gasteiger partial charge in [0, 0.05) is 12.1 Å². The Morgan fingerprint density at radius 3 is 2.47 bits per heavy atom. The van der Waals surface area contributed by atoms with Crippen LogP contribution < -0.4 is 5.32 Å². The molecular formula is C17H34N2. The monoisotopic (exact) mass is 266 g/mol. The first-order chi connectivity index (χ1) is 8.77. The first-order valence-corrected chi connectivity index (χ1v) is 8.21. The second-order valence-electron chi connectivity index (χ2n) is 8.23. The second-order valence-corrected chi connectivity index (χ2v) is 8.23. The molecule has 0 aromatic heterocycles. The molecule has 0 amide bonds. The van der Waals surface area contributed by atoms with Gasteiger partial charge in [-0.25, -0.2) is 0 Å². The number of hydrogen-bond acceptors (Lipinski definition) is 2. The van der Waals surface area contributed by atoms with Gasteiger partial charge in [0.15, 0.2) is 0 Å². The molecule has 2 aliphatic rings. The fourth-order valence-electron chi connectivity index (χ4n) is 4.64. The van der Waals surface area contributed by atoms with Crippen molar-refractivity contribution in [2.45, 2.75) is 72.4 Å². The lowest BCUT2D eigenvalue weighted by molar-refractivity contribution is 0.108. The van der Waals surface area contributed by atoms with Gasteiger partial charge in [-0.05, 0) is 76.4 Å². The molecule has 2 bridgehead atoms. The highest BCUT2D eigenvalue weighted by Crippen LogP contribution is 2.62. The Morgan fingerprint density at radius 2 is 1.95 bits per heavy atom. The molecule has 1 unspecified atom stereocenters. The Balaban J connectivity index is 1.80. The summed E-state index contributed by atoms with van der Waals surface area (Å²) < 4.78 is 0. The van der Waals surface area contributed by atoms with Gasteiger partial charge in [-0.1, -0.05) is 20.8 Å². The SMILES string of the molecule is CC(C)N(C)CCCNC1C(C)(C)[C@H]2CC[C@]1(C)C2. The molecule has 0 spiro atoms. The molecule has 19 heavy (non-hydrogen) atoms. The minimum absolute atomic E-state index is 0.497. The van der Waals surface area contributed by atoms with Crippen molar-refractivity contribution < 1.29 is 0 Å². The number of fused-ring (bicyclic) bond motifs is 2. The minimum Gasteiger partial charge on any atom is -0.313 e. The Hall–Kier alpha value is -0.0800. The lowest BCUT2D eigenvalue weighted by Gasteiger charge is -2.43. The molecule has 1 N–H and O–H groups in total. The van der Waals surface area contributed by atoms with E-state index in [9.17, 15) is 0 Å². The van der Waals surface area contributed by atoms with Crippen molar-refractivity contribution in [2.24, 2.45) is 16.7 Å². The van der Waals surface area contributed by atoms with Crippen LogP contribution in [-0.4, -0.2) is 37.1 Å². The van der Waals surface area contributed by atoms with Crippen molar-refractivity contribution in [1.82, 2.24) is 10.2 Å². The molecule has 112 valence electrons. The Bertz CT molecular complexity index is 306. The molecule has 2 aliphatic carbocycles. The molecular weight excluding hydrogens is 232 g/mol. The average molecular weight is 266 g/mol. The third-order valence-electron chi connectivity index (χ3n) is 6.19. The van der Waals surface area contributed by atoms with Gasteiger partial charge in [-0.15, -0.1) is 0 Å². The number of rotatable bonds is 6. The lowest BCUT2D eigenvalue weighted by Crippen LogP contribution is -2.50. The van der Waals surface area contributed by atoms with Crippen molar-refractivity contribution in [3.05, 3.63) is 0 Å². The third kappa shape index (κ3) is 2.85. The van der Waals surface area contributed by atoms with Gasteiger partial charge in [0.05, 0.1) is 0 Å². The highest BCUT2D eigenvalue weighted by atomic mass is 15.1. The average Bonchev–Trinajstić information content (AvgIpc) is 2.78. The second kappa shape index (κ2) is 5.37. The molecule has 0 saturated heterocycles. The summed E-state index contributed by atoms with van der Waals surface area (Å²) in [4.78, 5) is 2.44. The van der Waals surface area contributed by atoms with Crippen LogP contribution in [0.15, 0.2) is 0 Å². The first kappa shape index (κ1) is 15.3. The van der Waals surface area contributed by atoms with Gasteiger partial charge >= 0.3 is 0 Å². The van der Waals surface area contributed by atoms with Crippen molar-refractivity contribution >= 4 is 0 Å². The zero-order chi connectivity index (χ0) is 14.3. The third-order valence-corrected chi connectivity index (χ3v) is 6.19. The van der Waals surface area contributed by atoms with Crippen LogP contribution in [0.2, 0.25) is 0 Å². The van der Waals surface area contributed by atoms with Crippen LogP contribution in [0.3, 0.4) is 0 Å². The quantitative estimate of drug-likeness (QED) is 0.740. The molecule has 2 nitrogen and oxygen atoms in total. The van der Waals surface area contributed by atoms with E-state index in [2.05, 4.69) is 51.9 Å². The molecule has 2 heteroatoms. The fraction of sp³-hybridized carbons (Fsp3) is 1.00. The Morgan fingerprint density at radius 1 is 1.26 bits per heavy atom. The van der Waals surface area contributed by atoms with Gasteiger partial charge in [-0.2, -0.15) is 0 Å². The van der Waals surface area contributed by atoms with E-state index in [0.29, 0.717) is 16.9 Å². The molecule has 2 fully saturated rings. The highest BCUT2D eigenvalue weighted by Gasteiger charge is 2.58. The molecule has 2 rings (SSSR count). The smallest absolute Gasteiger partial charge is 0.0175 e. The largest absolute Gasteiger partial charge is 0.313 e. The molecule has 0 aromatic carbocycles. The molecule has 0 heterocycles. The normalized spacial score (nSPS) is 36.6. The van der Waals surface area contributed by atoms with E-state index in [1.54, 1.807) is 0 Å². The van der Waals surface area contributed by atoms with E-state index in [1.165, 1.54) is 38.8 Å². The van der Waals surface area contributed by atoms with Crippen LogP contribution >= 0.6 is 0 Å². The maximum atomic E-state index is 3.91. The fourth-order valence-corrected chi connectivity index (χ4v) is 4.64. The van der Waals surface area contributed by atoms with Crippen LogP contribution in [0.25, 0.3) is 0 Å². The summed E-state index contributed by atoms with van der Waals surface area (Å²) in [6, 6.07) is 1.39. The van der Waals surface area contributed by atoms with Crippen LogP contribution in [0.1, 0.15) is 60.3 Å². The van der Waals surface area contributed by atoms with E-state index in [0.717, 1.165) is 12.0 Å². The zero-order valence-corrected chi connectivity index (χ0v) is 13.9. The van der Waals surface area contributed by atoms with Crippen molar-refractivity contribution in [2.75, 3.05) is 20.1 Å². The highest BCUT2D eigenvalue weighted by molar-refractivity contribution is 5.11. The number of nitrogens with zero attached hydrogens (tertiary/aromatic N) is 1. The van der Waals surface area contributed by atoms with E-state index in [-0.39, 0.29) is 0 Å². The van der Waals surface area contributed by atoms with Gasteiger partial charge in [0.2, 0.25) is 0 Å². The molecule has 3 atom stereocenters. The van der Waals surface area contributed by atoms with Gasteiger partial charge in [0.1, 0.15) is 0 Å². The predicted molar refractivity (Wildman–Crippen MR) is 83.4 cm³/mol. The number of nitrogens with one attached hydrogen (secondary N) is 1. The van der Waals surface area contributed by atoms with E-state index >= 15 is 0 Å². The van der Waals surface area contributed by atoms with E-state index in [1.807, 2.05) is 0 Å². The minimum atomic E-state index is 0.497. The van der Waals surface area contributed by atoms with Gasteiger partial charge in [-0.3, -0.25) is 0 Å². The van der Waals surface area contributed by atoms with Gasteiger partial charge < -0.3 is 10.2 Å². The summed E-state index contributed by atoms with van der Waals surface area (Å²) in [5, 5.41) is 3.91. The molecule has 2 saturated carbocycles. The van der Waals surface area contributed by atoms with Crippen LogP contribution in [-0.2, 0) is 0 Å². The van der Waals surface area contributed by atoms with Gasteiger partial charge in [0.25, 0.3) is 0 Å². The van der Waals surface area contributed by atoms with Crippen molar-refractivity contribution in [3.8, 4) is 0 Å². The number of hydrogen-bond donors (Lipinski definition) is 1. The summed E-state index contributed by atoms with van der Waals surface area (Å²) in [5.74, 6) is 0.952. The van der Waals surface area contributed by atoms with E-state index in [4.69, 9.17) is 0 Å². The van der Waals surface area contributed by atoms with Crippen molar-refractivity contribution in [3.63, 3.8) is 0 Å². The molecule has 0 radical (unpaired) electrons. The van der Waals surface area contributed by atoms with Crippen LogP contribution in [0, 0.1) is 16.7 Å². The summed E-state index contributed by atoms with van der Waals surface area (Å²) in [6.07, 6.45) is 5.61. The molecule has 0 aromatic rings. The first-order valence-electron chi connectivity index (χ1n) is 8.21.